The van der Waals surface area contributed by atoms with Crippen molar-refractivity contribution in [2.24, 2.45) is 0 Å². The third-order valence-corrected chi connectivity index (χ3v) is 2.57. The van der Waals surface area contributed by atoms with Gasteiger partial charge in [-0.1, -0.05) is 6.07 Å². The maximum atomic E-state index is 12.5. The van der Waals surface area contributed by atoms with Gasteiger partial charge in [0.05, 0.1) is 5.56 Å². The molecular weight excluding hydrogens is 259 g/mol. The molecule has 0 fully saturated rings. The number of nitrogens with one attached hydrogen (secondary N) is 1. The first kappa shape index (κ1) is 15.5. The predicted octanol–water partition coefficient (Wildman–Crippen LogP) is 2.60. The van der Waals surface area contributed by atoms with Crippen LogP contribution in [0.15, 0.2) is 24.3 Å². The second kappa shape index (κ2) is 7.13. The standard InChI is InChI=1S/C13H16F3NO2/c14-13(15,16)11-6-4-5-10(9-11)12(19)17-7-2-1-3-8-18/h4-6,9,18H,1-3,7-8H2,(H,17,19). The van der Waals surface area contributed by atoms with E-state index in [-0.39, 0.29) is 12.2 Å². The van der Waals surface area contributed by atoms with Crippen molar-refractivity contribution in [2.45, 2.75) is 25.4 Å². The summed E-state index contributed by atoms with van der Waals surface area (Å²) in [6, 6.07) is 4.32. The van der Waals surface area contributed by atoms with Gasteiger partial charge in [0.15, 0.2) is 0 Å². The van der Waals surface area contributed by atoms with Gasteiger partial charge in [0.1, 0.15) is 0 Å². The number of aliphatic hydroxyl groups excluding tert-OH is 1. The van der Waals surface area contributed by atoms with Crippen molar-refractivity contribution in [2.75, 3.05) is 13.2 Å². The topological polar surface area (TPSA) is 49.3 Å². The van der Waals surface area contributed by atoms with Crippen LogP contribution in [0.25, 0.3) is 0 Å². The van der Waals surface area contributed by atoms with E-state index in [1.165, 1.54) is 12.1 Å². The highest BCUT2D eigenvalue weighted by molar-refractivity contribution is 5.94. The van der Waals surface area contributed by atoms with E-state index >= 15 is 0 Å². The lowest BCUT2D eigenvalue weighted by molar-refractivity contribution is -0.137. The number of alkyl halides is 3. The Morgan fingerprint density at radius 3 is 2.58 bits per heavy atom. The summed E-state index contributed by atoms with van der Waals surface area (Å²) in [5.41, 5.74) is -0.836. The third kappa shape index (κ3) is 5.30. The zero-order valence-corrected chi connectivity index (χ0v) is 10.3. The molecule has 6 heteroatoms. The minimum atomic E-state index is -4.45. The SMILES string of the molecule is O=C(NCCCCCO)c1cccc(C(F)(F)F)c1. The Morgan fingerprint density at radius 1 is 1.21 bits per heavy atom. The monoisotopic (exact) mass is 275 g/mol. The summed E-state index contributed by atoms with van der Waals surface area (Å²) >= 11 is 0. The van der Waals surface area contributed by atoms with Crippen LogP contribution >= 0.6 is 0 Å². The molecule has 0 bridgehead atoms. The fourth-order valence-electron chi connectivity index (χ4n) is 1.55. The Labute approximate surface area is 109 Å². The first-order chi connectivity index (χ1) is 8.95. The molecule has 0 spiro atoms. The molecule has 0 heterocycles. The molecule has 3 nitrogen and oxygen atoms in total. The molecule has 1 aromatic carbocycles. The summed E-state index contributed by atoms with van der Waals surface area (Å²) in [6.45, 7) is 0.483. The van der Waals surface area contributed by atoms with Crippen LogP contribution in [0.4, 0.5) is 13.2 Å². The van der Waals surface area contributed by atoms with Crippen LogP contribution in [0.5, 0.6) is 0 Å². The maximum Gasteiger partial charge on any atom is 0.416 e. The van der Waals surface area contributed by atoms with E-state index in [1.54, 1.807) is 0 Å². The van der Waals surface area contributed by atoms with Gasteiger partial charge in [-0.15, -0.1) is 0 Å². The van der Waals surface area contributed by atoms with Gasteiger partial charge in [-0.3, -0.25) is 4.79 Å². The molecule has 1 aromatic rings. The normalized spacial score (nSPS) is 11.4. The predicted molar refractivity (Wildman–Crippen MR) is 64.7 cm³/mol. The number of rotatable bonds is 6. The molecule has 1 rings (SSSR count). The van der Waals surface area contributed by atoms with Crippen LogP contribution in [-0.2, 0) is 6.18 Å². The molecular formula is C13H16F3NO2. The van der Waals surface area contributed by atoms with E-state index in [2.05, 4.69) is 5.32 Å². The van der Waals surface area contributed by atoms with Crippen molar-refractivity contribution in [1.29, 1.82) is 0 Å². The van der Waals surface area contributed by atoms with Crippen LogP contribution in [0, 0.1) is 0 Å². The molecule has 0 saturated carbocycles. The smallest absolute Gasteiger partial charge is 0.396 e. The van der Waals surface area contributed by atoms with Crippen LogP contribution < -0.4 is 5.32 Å². The van der Waals surface area contributed by atoms with Gasteiger partial charge in [0.2, 0.25) is 0 Å². The Bertz CT molecular complexity index is 419. The molecule has 0 aliphatic heterocycles. The van der Waals surface area contributed by atoms with Crippen molar-refractivity contribution < 1.29 is 23.1 Å². The molecule has 0 atom stereocenters. The summed E-state index contributed by atoms with van der Waals surface area (Å²) in [6.07, 6.45) is -2.35. The Morgan fingerprint density at radius 2 is 1.95 bits per heavy atom. The van der Waals surface area contributed by atoms with Crippen molar-refractivity contribution in [3.05, 3.63) is 35.4 Å². The number of carbonyl (C=O) groups excluding carboxylic acids is 1. The number of hydrogen-bond acceptors (Lipinski definition) is 2. The molecule has 0 radical (unpaired) electrons. The molecule has 106 valence electrons. The average Bonchev–Trinajstić information content (AvgIpc) is 2.37. The van der Waals surface area contributed by atoms with E-state index < -0.39 is 17.6 Å². The van der Waals surface area contributed by atoms with Crippen molar-refractivity contribution in [1.82, 2.24) is 5.32 Å². The lowest BCUT2D eigenvalue weighted by atomic mass is 10.1. The molecule has 2 N–H and O–H groups in total. The summed E-state index contributed by atoms with van der Waals surface area (Å²) < 4.78 is 37.4. The Kier molecular flexibility index (Phi) is 5.82. The fraction of sp³-hybridized carbons (Fsp3) is 0.462. The van der Waals surface area contributed by atoms with Gasteiger partial charge in [-0.25, -0.2) is 0 Å². The summed E-state index contributed by atoms with van der Waals surface area (Å²) in [5.74, 6) is -0.518. The summed E-state index contributed by atoms with van der Waals surface area (Å²) in [5, 5.41) is 11.1. The quantitative estimate of drug-likeness (QED) is 0.784. The third-order valence-electron chi connectivity index (χ3n) is 2.57. The van der Waals surface area contributed by atoms with Crippen molar-refractivity contribution in [3.8, 4) is 0 Å². The minimum Gasteiger partial charge on any atom is -0.396 e. The van der Waals surface area contributed by atoms with E-state index in [1.807, 2.05) is 0 Å². The molecule has 0 aromatic heterocycles. The van der Waals surface area contributed by atoms with E-state index in [9.17, 15) is 18.0 Å². The van der Waals surface area contributed by atoms with Gasteiger partial charge in [0, 0.05) is 18.7 Å². The maximum absolute atomic E-state index is 12.5. The van der Waals surface area contributed by atoms with Crippen LogP contribution in [0.1, 0.15) is 35.2 Å². The van der Waals surface area contributed by atoms with Gasteiger partial charge in [-0.2, -0.15) is 13.2 Å². The number of hydrogen-bond donors (Lipinski definition) is 2. The van der Waals surface area contributed by atoms with E-state index in [0.29, 0.717) is 19.4 Å². The molecule has 0 aliphatic rings. The number of halogens is 3. The van der Waals surface area contributed by atoms with E-state index in [4.69, 9.17) is 5.11 Å². The zero-order chi connectivity index (χ0) is 14.3. The Hall–Kier alpha value is -1.56. The van der Waals surface area contributed by atoms with Gasteiger partial charge in [-0.05, 0) is 37.5 Å². The number of aliphatic hydroxyl groups is 1. The first-order valence-corrected chi connectivity index (χ1v) is 6.01. The highest BCUT2D eigenvalue weighted by Crippen LogP contribution is 2.29. The van der Waals surface area contributed by atoms with Gasteiger partial charge < -0.3 is 10.4 Å². The molecule has 0 unspecified atom stereocenters. The molecule has 19 heavy (non-hydrogen) atoms. The lowest BCUT2D eigenvalue weighted by Crippen LogP contribution is -2.24. The highest BCUT2D eigenvalue weighted by Gasteiger charge is 2.30. The second-order valence-corrected chi connectivity index (χ2v) is 4.12. The lowest BCUT2D eigenvalue weighted by Gasteiger charge is -2.09. The highest BCUT2D eigenvalue weighted by atomic mass is 19.4. The van der Waals surface area contributed by atoms with Crippen LogP contribution in [-0.4, -0.2) is 24.2 Å². The van der Waals surface area contributed by atoms with Crippen LogP contribution in [0.2, 0.25) is 0 Å². The van der Waals surface area contributed by atoms with Gasteiger partial charge >= 0.3 is 6.18 Å². The number of carbonyl (C=O) groups is 1. The largest absolute Gasteiger partial charge is 0.416 e. The Balaban J connectivity index is 2.53. The van der Waals surface area contributed by atoms with Crippen molar-refractivity contribution in [3.63, 3.8) is 0 Å². The number of benzene rings is 1. The molecule has 0 saturated heterocycles. The second-order valence-electron chi connectivity index (χ2n) is 4.12. The summed E-state index contributed by atoms with van der Waals surface area (Å²) in [7, 11) is 0. The molecule has 1 amide bonds. The average molecular weight is 275 g/mol. The van der Waals surface area contributed by atoms with Gasteiger partial charge in [0.25, 0.3) is 5.91 Å². The summed E-state index contributed by atoms with van der Waals surface area (Å²) in [4.78, 5) is 11.6. The first-order valence-electron chi connectivity index (χ1n) is 6.01. The van der Waals surface area contributed by atoms with E-state index in [0.717, 1.165) is 18.6 Å². The van der Waals surface area contributed by atoms with Crippen LogP contribution in [0.3, 0.4) is 0 Å². The zero-order valence-electron chi connectivity index (χ0n) is 10.3. The fourth-order valence-corrected chi connectivity index (χ4v) is 1.55. The van der Waals surface area contributed by atoms with Crippen molar-refractivity contribution >= 4 is 5.91 Å². The number of amides is 1. The molecule has 0 aliphatic carbocycles. The number of unbranched alkanes of at least 4 members (excludes halogenated alkanes) is 2. The minimum absolute atomic E-state index is 0.00279.